The molecule has 0 radical (unpaired) electrons. The largest absolute Gasteiger partial charge is 0.489 e. The van der Waals surface area contributed by atoms with E-state index in [2.05, 4.69) is 19.1 Å². The lowest BCUT2D eigenvalue weighted by Gasteiger charge is -2.34. The summed E-state index contributed by atoms with van der Waals surface area (Å²) in [5, 5.41) is 0. The van der Waals surface area contributed by atoms with E-state index in [1.54, 1.807) is 0 Å². The average molecular weight is 555 g/mol. The lowest BCUT2D eigenvalue weighted by atomic mass is 10.0. The molecule has 0 N–H and O–H groups in total. The molecule has 5 nitrogen and oxygen atoms in total. The van der Waals surface area contributed by atoms with Gasteiger partial charge in [0.2, 0.25) is 11.8 Å². The van der Waals surface area contributed by atoms with Crippen molar-refractivity contribution >= 4 is 11.8 Å². The molecule has 1 fully saturated rings. The smallest absolute Gasteiger partial charge is 0.245 e. The fourth-order valence-electron chi connectivity index (χ4n) is 5.52. The highest BCUT2D eigenvalue weighted by Gasteiger charge is 2.34. The maximum absolute atomic E-state index is 13.9. The third-order valence-corrected chi connectivity index (χ3v) is 7.94. The number of unbranched alkanes of at least 4 members (excludes halogenated alkanes) is 5. The number of rotatable bonds is 16. The summed E-state index contributed by atoms with van der Waals surface area (Å²) in [4.78, 5) is 31.6. The van der Waals surface area contributed by atoms with Gasteiger partial charge >= 0.3 is 0 Å². The molecule has 3 aromatic rings. The van der Waals surface area contributed by atoms with Crippen molar-refractivity contribution in [1.82, 2.24) is 9.80 Å². The molecule has 2 amide bonds. The van der Waals surface area contributed by atoms with Crippen LogP contribution in [0.4, 0.5) is 0 Å². The Labute approximate surface area is 246 Å². The highest BCUT2D eigenvalue weighted by Crippen LogP contribution is 2.22. The highest BCUT2D eigenvalue weighted by molar-refractivity contribution is 5.88. The molecule has 1 saturated heterocycles. The Balaban J connectivity index is 1.50. The molecule has 0 spiro atoms. The zero-order valence-electron chi connectivity index (χ0n) is 24.7. The van der Waals surface area contributed by atoms with Crippen molar-refractivity contribution in [2.75, 3.05) is 13.1 Å². The van der Waals surface area contributed by atoms with E-state index in [0.29, 0.717) is 26.0 Å². The minimum absolute atomic E-state index is 0.0679. The number of amides is 2. The van der Waals surface area contributed by atoms with E-state index in [0.717, 1.165) is 67.6 Å². The van der Waals surface area contributed by atoms with Gasteiger partial charge in [-0.2, -0.15) is 0 Å². The summed E-state index contributed by atoms with van der Waals surface area (Å²) < 4.78 is 5.98. The lowest BCUT2D eigenvalue weighted by Crippen LogP contribution is -2.51. The quantitative estimate of drug-likeness (QED) is 0.172. The molecule has 3 aromatic carbocycles. The van der Waals surface area contributed by atoms with E-state index >= 15 is 0 Å². The first kappa shape index (κ1) is 30.4. The van der Waals surface area contributed by atoms with Crippen LogP contribution in [0.1, 0.15) is 81.4 Å². The molecule has 0 aliphatic carbocycles. The molecule has 0 bridgehead atoms. The van der Waals surface area contributed by atoms with Crippen LogP contribution in [-0.2, 0) is 29.2 Å². The van der Waals surface area contributed by atoms with E-state index in [1.165, 1.54) is 19.3 Å². The average Bonchev–Trinajstić information content (AvgIpc) is 3.56. The first-order chi connectivity index (χ1) is 20.1. The number of carbonyl (C=O) groups excluding carboxylic acids is 2. The molecule has 0 saturated carbocycles. The third-order valence-electron chi connectivity index (χ3n) is 7.94. The van der Waals surface area contributed by atoms with Gasteiger partial charge in [0.15, 0.2) is 0 Å². The van der Waals surface area contributed by atoms with Crippen LogP contribution in [0.15, 0.2) is 84.9 Å². The van der Waals surface area contributed by atoms with Crippen molar-refractivity contribution in [2.24, 2.45) is 0 Å². The second kappa shape index (κ2) is 16.6. The van der Waals surface area contributed by atoms with Crippen LogP contribution in [0.2, 0.25) is 0 Å². The van der Waals surface area contributed by atoms with Crippen LogP contribution in [0.5, 0.6) is 5.75 Å². The summed E-state index contributed by atoms with van der Waals surface area (Å²) in [6.45, 7) is 4.68. The lowest BCUT2D eigenvalue weighted by molar-refractivity contribution is -0.146. The molecule has 1 aliphatic rings. The summed E-state index contributed by atoms with van der Waals surface area (Å²) >= 11 is 0. The highest BCUT2D eigenvalue weighted by atomic mass is 16.5. The number of benzene rings is 3. The minimum atomic E-state index is -0.517. The van der Waals surface area contributed by atoms with Crippen LogP contribution in [0.3, 0.4) is 0 Å². The van der Waals surface area contributed by atoms with Gasteiger partial charge in [0, 0.05) is 32.5 Å². The number of hydrogen-bond acceptors (Lipinski definition) is 3. The first-order valence-electron chi connectivity index (χ1n) is 15.5. The number of carbonyl (C=O) groups is 2. The Morgan fingerprint density at radius 1 is 0.756 bits per heavy atom. The summed E-state index contributed by atoms with van der Waals surface area (Å²) in [7, 11) is 0. The van der Waals surface area contributed by atoms with Crippen molar-refractivity contribution in [3.8, 4) is 5.75 Å². The van der Waals surface area contributed by atoms with E-state index in [4.69, 9.17) is 4.74 Å². The second-order valence-electron chi connectivity index (χ2n) is 11.2. The van der Waals surface area contributed by atoms with Crippen molar-refractivity contribution < 1.29 is 14.3 Å². The Bertz CT molecular complexity index is 1170. The van der Waals surface area contributed by atoms with Gasteiger partial charge < -0.3 is 14.5 Å². The predicted octanol–water partition coefficient (Wildman–Crippen LogP) is 7.58. The topological polar surface area (TPSA) is 49.9 Å². The molecule has 0 aromatic heterocycles. The molecular formula is C36H46N2O3. The Hall–Kier alpha value is -3.60. The Kier molecular flexibility index (Phi) is 12.3. The van der Waals surface area contributed by atoms with E-state index < -0.39 is 6.04 Å². The molecule has 4 rings (SSSR count). The molecule has 1 atom stereocenters. The van der Waals surface area contributed by atoms with E-state index in [-0.39, 0.29) is 11.8 Å². The van der Waals surface area contributed by atoms with Gasteiger partial charge in [0.1, 0.15) is 18.4 Å². The summed E-state index contributed by atoms with van der Waals surface area (Å²) in [6.07, 6.45) is 9.80. The molecule has 218 valence electrons. The minimum Gasteiger partial charge on any atom is -0.489 e. The predicted molar refractivity (Wildman–Crippen MR) is 166 cm³/mol. The third kappa shape index (κ3) is 9.77. The van der Waals surface area contributed by atoms with Gasteiger partial charge in [-0.1, -0.05) is 112 Å². The second-order valence-corrected chi connectivity index (χ2v) is 11.2. The van der Waals surface area contributed by atoms with Gasteiger partial charge in [-0.05, 0) is 48.1 Å². The van der Waals surface area contributed by atoms with Crippen molar-refractivity contribution in [3.63, 3.8) is 0 Å². The fourth-order valence-corrected chi connectivity index (χ4v) is 5.52. The SMILES string of the molecule is CCCCCCCCC(=O)N(Cc1ccc(OCc2ccccc2)cc1)C(Cc1ccccc1)C(=O)N1CCCC1. The van der Waals surface area contributed by atoms with Crippen molar-refractivity contribution in [2.45, 2.75) is 90.3 Å². The monoisotopic (exact) mass is 554 g/mol. The van der Waals surface area contributed by atoms with Gasteiger partial charge in [0.25, 0.3) is 0 Å². The van der Waals surface area contributed by atoms with Gasteiger partial charge in [-0.3, -0.25) is 9.59 Å². The maximum atomic E-state index is 13.9. The van der Waals surface area contributed by atoms with Crippen molar-refractivity contribution in [3.05, 3.63) is 102 Å². The van der Waals surface area contributed by atoms with Crippen LogP contribution in [0, 0.1) is 0 Å². The number of ether oxygens (including phenoxy) is 1. The van der Waals surface area contributed by atoms with Gasteiger partial charge in [0.05, 0.1) is 0 Å². The van der Waals surface area contributed by atoms with Crippen LogP contribution < -0.4 is 4.74 Å². The van der Waals surface area contributed by atoms with Crippen LogP contribution >= 0.6 is 0 Å². The van der Waals surface area contributed by atoms with Crippen molar-refractivity contribution in [1.29, 1.82) is 0 Å². The molecule has 5 heteroatoms. The Morgan fingerprint density at radius 2 is 1.37 bits per heavy atom. The maximum Gasteiger partial charge on any atom is 0.245 e. The zero-order chi connectivity index (χ0) is 28.7. The summed E-state index contributed by atoms with van der Waals surface area (Å²) in [5.41, 5.74) is 3.19. The molecule has 1 aliphatic heterocycles. The first-order valence-corrected chi connectivity index (χ1v) is 15.5. The van der Waals surface area contributed by atoms with Gasteiger partial charge in [-0.25, -0.2) is 0 Å². The van der Waals surface area contributed by atoms with E-state index in [9.17, 15) is 9.59 Å². The molecule has 41 heavy (non-hydrogen) atoms. The summed E-state index contributed by atoms with van der Waals surface area (Å²) in [5.74, 6) is 0.931. The van der Waals surface area contributed by atoms with Crippen LogP contribution in [-0.4, -0.2) is 40.7 Å². The molecule has 1 unspecified atom stereocenters. The van der Waals surface area contributed by atoms with E-state index in [1.807, 2.05) is 82.6 Å². The van der Waals surface area contributed by atoms with Gasteiger partial charge in [-0.15, -0.1) is 0 Å². The summed E-state index contributed by atoms with van der Waals surface area (Å²) in [6, 6.07) is 27.7. The molecule has 1 heterocycles. The number of hydrogen-bond donors (Lipinski definition) is 0. The molecular weight excluding hydrogens is 508 g/mol. The standard InChI is InChI=1S/C36H46N2O3/c1-2-3-4-5-6-13-20-35(39)38(28-31-21-23-33(24-22-31)41-29-32-18-11-8-12-19-32)34(27-30-16-9-7-10-17-30)36(40)37-25-14-15-26-37/h7-12,16-19,21-24,34H,2-6,13-15,20,25-29H2,1H3. The number of likely N-dealkylation sites (tertiary alicyclic amines) is 1. The Morgan fingerprint density at radius 3 is 2.02 bits per heavy atom. The number of nitrogens with zero attached hydrogens (tertiary/aromatic N) is 2. The van der Waals surface area contributed by atoms with Crippen LogP contribution in [0.25, 0.3) is 0 Å². The normalized spacial score (nSPS) is 13.6. The zero-order valence-corrected chi connectivity index (χ0v) is 24.7. The fraction of sp³-hybridized carbons (Fsp3) is 0.444.